The third-order valence-electron chi connectivity index (χ3n) is 2.93. The highest BCUT2D eigenvalue weighted by Crippen LogP contribution is 2.26. The number of ether oxygens (including phenoxy) is 1. The minimum Gasteiger partial charge on any atom is -0.479 e. The molecule has 1 aliphatic heterocycles. The van der Waals surface area contributed by atoms with Crippen LogP contribution in [0, 0.1) is 0 Å². The number of hydrogen-bond donors (Lipinski definition) is 4. The molecule has 0 aliphatic carbocycles. The minimum absolute atomic E-state index is 0.738. The van der Waals surface area contributed by atoms with Gasteiger partial charge in [-0.2, -0.15) is 0 Å². The fourth-order valence-electron chi connectivity index (χ4n) is 1.91. The monoisotopic (exact) mass is 271 g/mol. The SMILES string of the molecule is NC1C(C(=O)O)OC(n2cccnc2=O)C(O)C1O. The average Bonchev–Trinajstić information content (AvgIpc) is 2.37. The Balaban J connectivity index is 2.38. The smallest absolute Gasteiger partial charge is 0.349 e. The molecule has 1 aliphatic rings. The molecule has 9 nitrogen and oxygen atoms in total. The van der Waals surface area contributed by atoms with Crippen LogP contribution in [-0.4, -0.2) is 55.2 Å². The molecule has 1 fully saturated rings. The van der Waals surface area contributed by atoms with E-state index in [4.69, 9.17) is 15.6 Å². The lowest BCUT2D eigenvalue weighted by atomic mass is 9.96. The molecule has 19 heavy (non-hydrogen) atoms. The van der Waals surface area contributed by atoms with Crippen molar-refractivity contribution >= 4 is 5.97 Å². The van der Waals surface area contributed by atoms with Crippen molar-refractivity contribution < 1.29 is 24.9 Å². The van der Waals surface area contributed by atoms with E-state index in [2.05, 4.69) is 4.98 Å². The zero-order valence-corrected chi connectivity index (χ0v) is 9.66. The van der Waals surface area contributed by atoms with Gasteiger partial charge in [-0.05, 0) is 6.07 Å². The summed E-state index contributed by atoms with van der Waals surface area (Å²) in [6.45, 7) is 0. The quantitative estimate of drug-likeness (QED) is 0.453. The number of hydrogen-bond acceptors (Lipinski definition) is 7. The maximum Gasteiger partial charge on any atom is 0.349 e. The van der Waals surface area contributed by atoms with Crippen molar-refractivity contribution in [3.05, 3.63) is 28.9 Å². The van der Waals surface area contributed by atoms with E-state index in [1.807, 2.05) is 0 Å². The van der Waals surface area contributed by atoms with Gasteiger partial charge in [0.25, 0.3) is 0 Å². The molecule has 0 amide bonds. The first-order chi connectivity index (χ1) is 8.93. The largest absolute Gasteiger partial charge is 0.479 e. The van der Waals surface area contributed by atoms with Crippen LogP contribution in [0.25, 0.3) is 0 Å². The van der Waals surface area contributed by atoms with Crippen LogP contribution >= 0.6 is 0 Å². The Hall–Kier alpha value is -1.81. The van der Waals surface area contributed by atoms with Gasteiger partial charge < -0.3 is 25.8 Å². The number of nitrogens with zero attached hydrogens (tertiary/aromatic N) is 2. The second kappa shape index (κ2) is 5.05. The van der Waals surface area contributed by atoms with E-state index in [1.54, 1.807) is 0 Å². The van der Waals surface area contributed by atoms with E-state index < -0.39 is 42.2 Å². The van der Waals surface area contributed by atoms with Crippen molar-refractivity contribution in [2.24, 2.45) is 5.73 Å². The fraction of sp³-hybridized carbons (Fsp3) is 0.500. The van der Waals surface area contributed by atoms with E-state index in [9.17, 15) is 19.8 Å². The molecule has 0 aromatic carbocycles. The number of aliphatic hydroxyl groups excluding tert-OH is 2. The lowest BCUT2D eigenvalue weighted by Gasteiger charge is -2.39. The van der Waals surface area contributed by atoms with E-state index in [-0.39, 0.29) is 0 Å². The molecule has 5 N–H and O–H groups in total. The molecule has 5 unspecified atom stereocenters. The Morgan fingerprint density at radius 2 is 2.11 bits per heavy atom. The zero-order chi connectivity index (χ0) is 14.2. The molecule has 104 valence electrons. The summed E-state index contributed by atoms with van der Waals surface area (Å²) in [6, 6.07) is 0.116. The Bertz CT molecular complexity index is 532. The summed E-state index contributed by atoms with van der Waals surface area (Å²) in [5, 5.41) is 28.5. The van der Waals surface area contributed by atoms with E-state index in [1.165, 1.54) is 18.5 Å². The normalized spacial score (nSPS) is 35.0. The molecule has 2 heterocycles. The fourth-order valence-corrected chi connectivity index (χ4v) is 1.91. The summed E-state index contributed by atoms with van der Waals surface area (Å²) >= 11 is 0. The minimum atomic E-state index is -1.54. The van der Waals surface area contributed by atoms with Crippen LogP contribution in [0.15, 0.2) is 23.3 Å². The van der Waals surface area contributed by atoms with Gasteiger partial charge in [-0.3, -0.25) is 4.57 Å². The Kier molecular flexibility index (Phi) is 3.62. The summed E-state index contributed by atoms with van der Waals surface area (Å²) < 4.78 is 6.00. The lowest BCUT2D eigenvalue weighted by Crippen LogP contribution is -2.62. The van der Waals surface area contributed by atoms with E-state index >= 15 is 0 Å². The molecule has 9 heteroatoms. The molecule has 0 bridgehead atoms. The predicted octanol–water partition coefficient (Wildman–Crippen LogP) is -2.73. The molecular formula is C10H13N3O6. The third kappa shape index (κ3) is 2.36. The number of aliphatic hydroxyl groups is 2. The molecule has 1 saturated heterocycles. The van der Waals surface area contributed by atoms with Crippen LogP contribution in [0.3, 0.4) is 0 Å². The summed E-state index contributed by atoms with van der Waals surface area (Å²) in [5.41, 5.74) is 4.74. The highest BCUT2D eigenvalue weighted by Gasteiger charge is 2.46. The maximum atomic E-state index is 11.5. The number of carboxylic acid groups (broad SMARTS) is 1. The van der Waals surface area contributed by atoms with E-state index in [0.717, 1.165) is 4.57 Å². The van der Waals surface area contributed by atoms with Crippen LogP contribution in [0.1, 0.15) is 6.23 Å². The van der Waals surface area contributed by atoms with Gasteiger partial charge in [0.05, 0.1) is 6.04 Å². The van der Waals surface area contributed by atoms with Gasteiger partial charge in [-0.25, -0.2) is 14.6 Å². The number of carbonyl (C=O) groups is 1. The first-order valence-electron chi connectivity index (χ1n) is 5.46. The third-order valence-corrected chi connectivity index (χ3v) is 2.93. The van der Waals surface area contributed by atoms with Gasteiger partial charge in [0.15, 0.2) is 12.3 Å². The van der Waals surface area contributed by atoms with Crippen molar-refractivity contribution in [3.8, 4) is 0 Å². The number of aromatic nitrogens is 2. The average molecular weight is 271 g/mol. The van der Waals surface area contributed by atoms with E-state index in [0.29, 0.717) is 0 Å². The zero-order valence-electron chi connectivity index (χ0n) is 9.66. The summed E-state index contributed by atoms with van der Waals surface area (Å²) in [5.74, 6) is -1.39. The summed E-state index contributed by atoms with van der Waals surface area (Å²) in [6.07, 6.45) is -3.46. The molecular weight excluding hydrogens is 258 g/mol. The van der Waals surface area contributed by atoms with Gasteiger partial charge in [0.1, 0.15) is 12.2 Å². The van der Waals surface area contributed by atoms with Crippen molar-refractivity contribution in [2.45, 2.75) is 30.6 Å². The van der Waals surface area contributed by atoms with Gasteiger partial charge in [-0.1, -0.05) is 0 Å². The van der Waals surface area contributed by atoms with Crippen LogP contribution < -0.4 is 11.4 Å². The molecule has 0 radical (unpaired) electrons. The molecule has 5 atom stereocenters. The van der Waals surface area contributed by atoms with Crippen molar-refractivity contribution in [1.82, 2.24) is 9.55 Å². The number of carboxylic acids is 1. The number of rotatable bonds is 2. The maximum absolute atomic E-state index is 11.5. The van der Waals surface area contributed by atoms with Crippen molar-refractivity contribution in [2.75, 3.05) is 0 Å². The molecule has 0 spiro atoms. The second-order valence-corrected chi connectivity index (χ2v) is 4.15. The Morgan fingerprint density at radius 1 is 1.42 bits per heavy atom. The van der Waals surface area contributed by atoms with Crippen molar-refractivity contribution in [3.63, 3.8) is 0 Å². The van der Waals surface area contributed by atoms with Gasteiger partial charge >= 0.3 is 11.7 Å². The van der Waals surface area contributed by atoms with Crippen LogP contribution in [-0.2, 0) is 9.53 Å². The first-order valence-corrected chi connectivity index (χ1v) is 5.46. The molecule has 0 saturated carbocycles. The molecule has 1 aromatic heterocycles. The van der Waals surface area contributed by atoms with Gasteiger partial charge in [0, 0.05) is 12.4 Å². The Morgan fingerprint density at radius 3 is 2.68 bits per heavy atom. The Labute approximate surface area is 106 Å². The van der Waals surface area contributed by atoms with Gasteiger partial charge in [-0.15, -0.1) is 0 Å². The highest BCUT2D eigenvalue weighted by molar-refractivity contribution is 5.73. The molecule has 1 aromatic rings. The van der Waals surface area contributed by atoms with Gasteiger partial charge in [0.2, 0.25) is 0 Å². The summed E-state index contributed by atoms with van der Waals surface area (Å²) in [7, 11) is 0. The molecule has 2 rings (SSSR count). The predicted molar refractivity (Wildman–Crippen MR) is 60.0 cm³/mol. The standard InChI is InChI=1S/C10H13N3O6/c11-4-5(14)6(15)8(19-7(4)9(16)17)13-3-1-2-12-10(13)18/h1-8,14-15H,11H2,(H,16,17). The number of nitrogens with two attached hydrogens (primary N) is 1. The lowest BCUT2D eigenvalue weighted by molar-refractivity contribution is -0.216. The van der Waals surface area contributed by atoms with Crippen LogP contribution in [0.5, 0.6) is 0 Å². The topological polar surface area (TPSA) is 148 Å². The van der Waals surface area contributed by atoms with Crippen LogP contribution in [0.4, 0.5) is 0 Å². The highest BCUT2D eigenvalue weighted by atomic mass is 16.6. The van der Waals surface area contributed by atoms with Crippen molar-refractivity contribution in [1.29, 1.82) is 0 Å². The second-order valence-electron chi connectivity index (χ2n) is 4.15. The summed E-state index contributed by atoms with van der Waals surface area (Å²) in [4.78, 5) is 26.0. The van der Waals surface area contributed by atoms with Crippen LogP contribution in [0.2, 0.25) is 0 Å². The first kappa shape index (κ1) is 13.6. The number of aliphatic carboxylic acids is 1.